The van der Waals surface area contributed by atoms with Crippen molar-refractivity contribution in [3.05, 3.63) is 78.2 Å². The molecule has 0 atom stereocenters. The van der Waals surface area contributed by atoms with Gasteiger partial charge in [-0.2, -0.15) is 0 Å². The van der Waals surface area contributed by atoms with Crippen LogP contribution in [0.3, 0.4) is 0 Å². The van der Waals surface area contributed by atoms with Gasteiger partial charge in [-0.1, -0.05) is 42.5 Å². The van der Waals surface area contributed by atoms with Crippen LogP contribution in [0, 0.1) is 0 Å². The van der Waals surface area contributed by atoms with Crippen molar-refractivity contribution in [1.29, 1.82) is 0 Å². The molecular weight excluding hydrogens is 330 g/mol. The van der Waals surface area contributed by atoms with E-state index < -0.39 is 5.91 Å². The highest BCUT2D eigenvalue weighted by Crippen LogP contribution is 2.17. The molecule has 2 aromatic carbocycles. The van der Waals surface area contributed by atoms with Gasteiger partial charge in [0.15, 0.2) is 5.82 Å². The topological polar surface area (TPSA) is 110 Å². The molecule has 7 heteroatoms. The fraction of sp³-hybridized carbons (Fsp3) is 0.0526. The largest absolute Gasteiger partial charge is 0.397 e. The second-order valence-corrected chi connectivity index (χ2v) is 5.54. The molecule has 0 aliphatic carbocycles. The van der Waals surface area contributed by atoms with Crippen molar-refractivity contribution >= 4 is 29.0 Å². The maximum absolute atomic E-state index is 12.2. The van der Waals surface area contributed by atoms with Crippen LogP contribution in [-0.2, 0) is 11.2 Å². The number of hydrogen-bond donors (Lipinski definition) is 3. The zero-order valence-electron chi connectivity index (χ0n) is 13.8. The average Bonchev–Trinajstić information content (AvgIpc) is 2.65. The summed E-state index contributed by atoms with van der Waals surface area (Å²) in [6, 6.07) is 16.3. The number of carbonyl (C=O) groups is 2. The van der Waals surface area contributed by atoms with Crippen LogP contribution in [0.15, 0.2) is 67.0 Å². The van der Waals surface area contributed by atoms with E-state index in [-0.39, 0.29) is 23.8 Å². The highest BCUT2D eigenvalue weighted by atomic mass is 16.2. The van der Waals surface area contributed by atoms with E-state index in [1.807, 2.05) is 30.3 Å². The molecule has 0 unspecified atom stereocenters. The molecule has 0 bridgehead atoms. The van der Waals surface area contributed by atoms with Gasteiger partial charge in [0.05, 0.1) is 30.2 Å². The van der Waals surface area contributed by atoms with Gasteiger partial charge in [-0.05, 0) is 17.7 Å². The van der Waals surface area contributed by atoms with Crippen LogP contribution in [0.1, 0.15) is 16.1 Å². The molecule has 7 nitrogen and oxygen atoms in total. The summed E-state index contributed by atoms with van der Waals surface area (Å²) >= 11 is 0. The van der Waals surface area contributed by atoms with Crippen molar-refractivity contribution in [2.24, 2.45) is 0 Å². The van der Waals surface area contributed by atoms with E-state index in [2.05, 4.69) is 20.6 Å². The maximum Gasteiger partial charge on any atom is 0.275 e. The Morgan fingerprint density at radius 3 is 2.31 bits per heavy atom. The number of rotatable bonds is 5. The monoisotopic (exact) mass is 347 g/mol. The van der Waals surface area contributed by atoms with Crippen LogP contribution in [0.4, 0.5) is 17.2 Å². The lowest BCUT2D eigenvalue weighted by atomic mass is 10.1. The zero-order chi connectivity index (χ0) is 18.4. The predicted molar refractivity (Wildman–Crippen MR) is 99.6 cm³/mol. The van der Waals surface area contributed by atoms with E-state index in [4.69, 9.17) is 5.73 Å². The molecule has 0 fully saturated rings. The molecule has 0 spiro atoms. The number of aromatic nitrogens is 2. The van der Waals surface area contributed by atoms with E-state index in [0.717, 1.165) is 5.56 Å². The predicted octanol–water partition coefficient (Wildman–Crippen LogP) is 2.49. The molecule has 1 aromatic heterocycles. The highest BCUT2D eigenvalue weighted by Gasteiger charge is 2.11. The molecular formula is C19H17N5O2. The first-order valence-corrected chi connectivity index (χ1v) is 7.93. The number of nitrogen functional groups attached to an aromatic ring is 1. The summed E-state index contributed by atoms with van der Waals surface area (Å²) in [6.07, 6.45) is 2.87. The third kappa shape index (κ3) is 4.41. The minimum atomic E-state index is -0.433. The minimum Gasteiger partial charge on any atom is -0.397 e. The number of anilines is 3. The van der Waals surface area contributed by atoms with Gasteiger partial charge in [0, 0.05) is 0 Å². The second-order valence-electron chi connectivity index (χ2n) is 5.54. The van der Waals surface area contributed by atoms with Crippen LogP contribution >= 0.6 is 0 Å². The van der Waals surface area contributed by atoms with E-state index in [9.17, 15) is 9.59 Å². The Kier molecular flexibility index (Phi) is 5.19. The lowest BCUT2D eigenvalue weighted by Crippen LogP contribution is -2.18. The molecule has 0 saturated carbocycles. The van der Waals surface area contributed by atoms with Gasteiger partial charge in [-0.25, -0.2) is 9.97 Å². The minimum absolute atomic E-state index is 0.120. The van der Waals surface area contributed by atoms with Crippen molar-refractivity contribution < 1.29 is 9.59 Å². The molecule has 26 heavy (non-hydrogen) atoms. The Morgan fingerprint density at radius 2 is 1.62 bits per heavy atom. The van der Waals surface area contributed by atoms with Crippen LogP contribution in [0.5, 0.6) is 0 Å². The molecule has 0 aliphatic heterocycles. The molecule has 0 radical (unpaired) electrons. The number of amides is 2. The molecule has 3 aromatic rings. The number of nitrogens with one attached hydrogen (secondary N) is 2. The molecule has 3 rings (SSSR count). The standard InChI is InChI=1S/C19H17N5O2/c20-14-8-4-5-9-15(14)23-19(26)16-11-22-17(12-21-16)24-18(25)10-13-6-2-1-3-7-13/h1-9,11-12H,10,20H2,(H,23,26)(H,22,24,25). The van der Waals surface area contributed by atoms with Gasteiger partial charge in [0.2, 0.25) is 5.91 Å². The summed E-state index contributed by atoms with van der Waals surface area (Å²) in [6.45, 7) is 0. The van der Waals surface area contributed by atoms with E-state index in [1.54, 1.807) is 24.3 Å². The fourth-order valence-electron chi connectivity index (χ4n) is 2.28. The third-order valence-electron chi connectivity index (χ3n) is 3.57. The van der Waals surface area contributed by atoms with E-state index in [0.29, 0.717) is 11.4 Å². The van der Waals surface area contributed by atoms with Gasteiger partial charge in [-0.3, -0.25) is 9.59 Å². The molecule has 130 valence electrons. The van der Waals surface area contributed by atoms with Crippen molar-refractivity contribution in [1.82, 2.24) is 9.97 Å². The summed E-state index contributed by atoms with van der Waals surface area (Å²) in [7, 11) is 0. The number of nitrogens with zero attached hydrogens (tertiary/aromatic N) is 2. The summed E-state index contributed by atoms with van der Waals surface area (Å²) in [4.78, 5) is 32.3. The smallest absolute Gasteiger partial charge is 0.275 e. The van der Waals surface area contributed by atoms with Crippen LogP contribution < -0.4 is 16.4 Å². The summed E-state index contributed by atoms with van der Waals surface area (Å²) < 4.78 is 0. The van der Waals surface area contributed by atoms with Crippen LogP contribution in [0.25, 0.3) is 0 Å². The maximum atomic E-state index is 12.2. The van der Waals surface area contributed by atoms with Crippen molar-refractivity contribution in [2.75, 3.05) is 16.4 Å². The normalized spacial score (nSPS) is 10.2. The number of carbonyl (C=O) groups excluding carboxylic acids is 2. The second kappa shape index (κ2) is 7.89. The first-order chi connectivity index (χ1) is 12.6. The molecule has 0 aliphatic rings. The number of para-hydroxylation sites is 2. The van der Waals surface area contributed by atoms with Gasteiger partial charge >= 0.3 is 0 Å². The van der Waals surface area contributed by atoms with Crippen LogP contribution in [-0.4, -0.2) is 21.8 Å². The van der Waals surface area contributed by atoms with Crippen molar-refractivity contribution in [2.45, 2.75) is 6.42 Å². The number of benzene rings is 2. The Balaban J connectivity index is 1.60. The van der Waals surface area contributed by atoms with Gasteiger partial charge in [0.25, 0.3) is 5.91 Å². The summed E-state index contributed by atoms with van der Waals surface area (Å²) in [5.41, 5.74) is 7.76. The molecule has 1 heterocycles. The zero-order valence-corrected chi connectivity index (χ0v) is 13.8. The Bertz CT molecular complexity index is 911. The number of hydrogen-bond acceptors (Lipinski definition) is 5. The molecule has 4 N–H and O–H groups in total. The van der Waals surface area contributed by atoms with E-state index in [1.165, 1.54) is 12.4 Å². The Labute approximate surface area is 150 Å². The molecule has 2 amide bonds. The van der Waals surface area contributed by atoms with Crippen LogP contribution in [0.2, 0.25) is 0 Å². The lowest BCUT2D eigenvalue weighted by molar-refractivity contribution is -0.115. The van der Waals surface area contributed by atoms with Crippen molar-refractivity contribution in [3.63, 3.8) is 0 Å². The number of nitrogens with two attached hydrogens (primary N) is 1. The van der Waals surface area contributed by atoms with Gasteiger partial charge in [0.1, 0.15) is 5.69 Å². The average molecular weight is 347 g/mol. The summed E-state index contributed by atoms with van der Waals surface area (Å²) in [5.74, 6) is -0.362. The SMILES string of the molecule is Nc1ccccc1NC(=O)c1cnc(NC(=O)Cc2ccccc2)cn1. The summed E-state index contributed by atoms with van der Waals surface area (Å²) in [5, 5.41) is 5.32. The lowest BCUT2D eigenvalue weighted by Gasteiger charge is -2.08. The fourth-order valence-corrected chi connectivity index (χ4v) is 2.28. The first kappa shape index (κ1) is 17.1. The quantitative estimate of drug-likeness (QED) is 0.614. The third-order valence-corrected chi connectivity index (χ3v) is 3.57. The Hall–Kier alpha value is -3.74. The van der Waals surface area contributed by atoms with E-state index >= 15 is 0 Å². The Morgan fingerprint density at radius 1 is 0.885 bits per heavy atom. The molecule has 0 saturated heterocycles. The van der Waals surface area contributed by atoms with Crippen molar-refractivity contribution in [3.8, 4) is 0 Å². The van der Waals surface area contributed by atoms with Gasteiger partial charge in [-0.15, -0.1) is 0 Å². The first-order valence-electron chi connectivity index (χ1n) is 7.93. The highest BCUT2D eigenvalue weighted by molar-refractivity contribution is 6.04. The van der Waals surface area contributed by atoms with Gasteiger partial charge < -0.3 is 16.4 Å².